The standard InChI is InChI=1S/C26H34Br2O5/c1-25(2,3)17-32-23-10-7-18(15-22(23)28)11-13-30-24(29)31-14-12-19-8-9-20(16-21(19)27)33-26(4,5)6/h7-10,15-16H,11-14,17H2,1-6H3. The molecule has 0 fully saturated rings. The van der Waals surface area contributed by atoms with Crippen molar-refractivity contribution in [3.63, 3.8) is 0 Å². The van der Waals surface area contributed by atoms with E-state index in [1.807, 2.05) is 57.2 Å². The Bertz CT molecular complexity index is 929. The second kappa shape index (κ2) is 12.1. The summed E-state index contributed by atoms with van der Waals surface area (Å²) in [5.41, 5.74) is 1.90. The van der Waals surface area contributed by atoms with Crippen molar-refractivity contribution in [1.82, 2.24) is 0 Å². The first-order valence-electron chi connectivity index (χ1n) is 11.0. The lowest BCUT2D eigenvalue weighted by atomic mass is 9.99. The molecule has 0 amide bonds. The van der Waals surface area contributed by atoms with E-state index in [1.54, 1.807) is 0 Å². The Morgan fingerprint density at radius 1 is 0.848 bits per heavy atom. The molecule has 0 aliphatic heterocycles. The van der Waals surface area contributed by atoms with Crippen molar-refractivity contribution in [2.45, 2.75) is 60.0 Å². The number of benzene rings is 2. The van der Waals surface area contributed by atoms with Gasteiger partial charge in [0.25, 0.3) is 0 Å². The zero-order chi connectivity index (χ0) is 24.6. The van der Waals surface area contributed by atoms with Crippen molar-refractivity contribution in [2.75, 3.05) is 19.8 Å². The first-order chi connectivity index (χ1) is 15.3. The third-order valence-corrected chi connectivity index (χ3v) is 5.67. The van der Waals surface area contributed by atoms with Crippen LogP contribution in [-0.4, -0.2) is 31.6 Å². The second-order valence-electron chi connectivity index (χ2n) is 10.0. The number of ether oxygens (including phenoxy) is 4. The maximum absolute atomic E-state index is 11.9. The number of hydrogen-bond donors (Lipinski definition) is 0. The van der Waals surface area contributed by atoms with Crippen LogP contribution < -0.4 is 9.47 Å². The summed E-state index contributed by atoms with van der Waals surface area (Å²) in [6, 6.07) is 11.7. The van der Waals surface area contributed by atoms with Crippen molar-refractivity contribution in [3.8, 4) is 11.5 Å². The van der Waals surface area contributed by atoms with E-state index >= 15 is 0 Å². The Morgan fingerprint density at radius 3 is 2.09 bits per heavy atom. The van der Waals surface area contributed by atoms with Crippen LogP contribution in [0.15, 0.2) is 45.3 Å². The van der Waals surface area contributed by atoms with E-state index in [-0.39, 0.29) is 24.2 Å². The van der Waals surface area contributed by atoms with Crippen molar-refractivity contribution in [3.05, 3.63) is 56.5 Å². The zero-order valence-corrected chi connectivity index (χ0v) is 23.5. The largest absolute Gasteiger partial charge is 0.508 e. The van der Waals surface area contributed by atoms with E-state index in [2.05, 4.69) is 52.6 Å². The number of hydrogen-bond acceptors (Lipinski definition) is 5. The topological polar surface area (TPSA) is 54.0 Å². The minimum absolute atomic E-state index is 0.0898. The average Bonchev–Trinajstić information content (AvgIpc) is 2.67. The first-order valence-corrected chi connectivity index (χ1v) is 12.6. The highest BCUT2D eigenvalue weighted by molar-refractivity contribution is 9.10. The summed E-state index contributed by atoms with van der Waals surface area (Å²) >= 11 is 7.10. The SMILES string of the molecule is CC(C)(C)COc1ccc(CCOC(=O)OCCc2ccc(OC(C)(C)C)cc2Br)cc1Br. The van der Waals surface area contributed by atoms with Crippen LogP contribution in [0.5, 0.6) is 11.5 Å². The van der Waals surface area contributed by atoms with Gasteiger partial charge in [-0.2, -0.15) is 0 Å². The summed E-state index contributed by atoms with van der Waals surface area (Å²) in [4.78, 5) is 11.9. The predicted molar refractivity (Wildman–Crippen MR) is 138 cm³/mol. The zero-order valence-electron chi connectivity index (χ0n) is 20.3. The van der Waals surface area contributed by atoms with E-state index in [9.17, 15) is 4.79 Å². The van der Waals surface area contributed by atoms with E-state index in [0.717, 1.165) is 31.6 Å². The number of halogens is 2. The molecule has 0 saturated carbocycles. The van der Waals surface area contributed by atoms with Gasteiger partial charge in [-0.25, -0.2) is 4.79 Å². The lowest BCUT2D eigenvalue weighted by Crippen LogP contribution is -2.22. The molecule has 0 aliphatic carbocycles. The van der Waals surface area contributed by atoms with Gasteiger partial charge in [0.15, 0.2) is 0 Å². The monoisotopic (exact) mass is 584 g/mol. The highest BCUT2D eigenvalue weighted by Crippen LogP contribution is 2.28. The molecule has 5 nitrogen and oxygen atoms in total. The fraction of sp³-hybridized carbons (Fsp3) is 0.500. The Kier molecular flexibility index (Phi) is 10.1. The first kappa shape index (κ1) is 27.5. The number of rotatable bonds is 9. The molecule has 2 aromatic rings. The molecule has 0 unspecified atom stereocenters. The van der Waals surface area contributed by atoms with Gasteiger partial charge in [0.1, 0.15) is 17.1 Å². The number of carbonyl (C=O) groups is 1. The van der Waals surface area contributed by atoms with Crippen molar-refractivity contribution in [2.24, 2.45) is 5.41 Å². The molecular formula is C26H34Br2O5. The molecule has 0 heterocycles. The smallest absolute Gasteiger partial charge is 0.492 e. The van der Waals surface area contributed by atoms with Crippen LogP contribution in [0, 0.1) is 5.41 Å². The molecule has 182 valence electrons. The lowest BCUT2D eigenvalue weighted by Gasteiger charge is -2.21. The Morgan fingerprint density at radius 2 is 1.52 bits per heavy atom. The summed E-state index contributed by atoms with van der Waals surface area (Å²) in [5, 5.41) is 0. The third-order valence-electron chi connectivity index (χ3n) is 4.31. The van der Waals surface area contributed by atoms with Gasteiger partial charge in [0.05, 0.1) is 24.3 Å². The van der Waals surface area contributed by atoms with Gasteiger partial charge < -0.3 is 18.9 Å². The van der Waals surface area contributed by atoms with E-state index in [4.69, 9.17) is 18.9 Å². The van der Waals surface area contributed by atoms with Crippen LogP contribution in [-0.2, 0) is 22.3 Å². The van der Waals surface area contributed by atoms with Gasteiger partial charge in [-0.15, -0.1) is 0 Å². The minimum Gasteiger partial charge on any atom is -0.492 e. The fourth-order valence-electron chi connectivity index (χ4n) is 2.80. The highest BCUT2D eigenvalue weighted by Gasteiger charge is 2.14. The molecule has 7 heteroatoms. The summed E-state index contributed by atoms with van der Waals surface area (Å²) in [5.74, 6) is 1.59. The van der Waals surface area contributed by atoms with E-state index in [1.165, 1.54) is 0 Å². The molecule has 33 heavy (non-hydrogen) atoms. The molecule has 0 atom stereocenters. The molecule has 0 saturated heterocycles. The van der Waals surface area contributed by atoms with Gasteiger partial charge in [-0.3, -0.25) is 0 Å². The van der Waals surface area contributed by atoms with E-state index < -0.39 is 6.16 Å². The average molecular weight is 586 g/mol. The van der Waals surface area contributed by atoms with Crippen LogP contribution in [0.25, 0.3) is 0 Å². The lowest BCUT2D eigenvalue weighted by molar-refractivity contribution is 0.0568. The molecule has 2 aromatic carbocycles. The van der Waals surface area contributed by atoms with Crippen molar-refractivity contribution < 1.29 is 23.7 Å². The van der Waals surface area contributed by atoms with Crippen LogP contribution in [0.1, 0.15) is 52.7 Å². The summed E-state index contributed by atoms with van der Waals surface area (Å²) in [7, 11) is 0. The summed E-state index contributed by atoms with van der Waals surface area (Å²) < 4.78 is 23.9. The van der Waals surface area contributed by atoms with Crippen LogP contribution >= 0.6 is 31.9 Å². The van der Waals surface area contributed by atoms with Gasteiger partial charge in [0.2, 0.25) is 0 Å². The third kappa shape index (κ3) is 10.8. The van der Waals surface area contributed by atoms with Crippen molar-refractivity contribution >= 4 is 38.0 Å². The van der Waals surface area contributed by atoms with E-state index in [0.29, 0.717) is 19.4 Å². The van der Waals surface area contributed by atoms with Gasteiger partial charge in [0, 0.05) is 17.3 Å². The van der Waals surface area contributed by atoms with Gasteiger partial charge >= 0.3 is 6.16 Å². The molecular weight excluding hydrogens is 552 g/mol. The molecule has 2 rings (SSSR count). The quantitative estimate of drug-likeness (QED) is 0.282. The molecule has 0 aromatic heterocycles. The maximum Gasteiger partial charge on any atom is 0.508 e. The molecule has 0 radical (unpaired) electrons. The van der Waals surface area contributed by atoms with Gasteiger partial charge in [-0.1, -0.05) is 48.8 Å². The van der Waals surface area contributed by atoms with Crippen LogP contribution in [0.2, 0.25) is 0 Å². The van der Waals surface area contributed by atoms with Crippen LogP contribution in [0.3, 0.4) is 0 Å². The predicted octanol–water partition coefficient (Wildman–Crippen LogP) is 7.75. The maximum atomic E-state index is 11.9. The minimum atomic E-state index is -0.664. The summed E-state index contributed by atoms with van der Waals surface area (Å²) in [6.45, 7) is 13.5. The molecule has 0 spiro atoms. The Hall–Kier alpha value is -1.73. The normalized spacial score (nSPS) is 11.8. The number of carbonyl (C=O) groups excluding carboxylic acids is 1. The van der Waals surface area contributed by atoms with Crippen molar-refractivity contribution in [1.29, 1.82) is 0 Å². The highest BCUT2D eigenvalue weighted by atomic mass is 79.9. The van der Waals surface area contributed by atoms with Crippen LogP contribution in [0.4, 0.5) is 4.79 Å². The fourth-order valence-corrected chi connectivity index (χ4v) is 3.89. The summed E-state index contributed by atoms with van der Waals surface area (Å²) in [6.07, 6.45) is 0.505. The Labute approximate surface area is 214 Å². The Balaban J connectivity index is 1.72. The second-order valence-corrected chi connectivity index (χ2v) is 11.7. The molecule has 0 bridgehead atoms. The molecule has 0 aliphatic rings. The molecule has 0 N–H and O–H groups in total. The van der Waals surface area contributed by atoms with Gasteiger partial charge in [-0.05, 0) is 77.5 Å².